The van der Waals surface area contributed by atoms with Gasteiger partial charge in [0.25, 0.3) is 0 Å². The Morgan fingerprint density at radius 2 is 1.96 bits per heavy atom. The third-order valence-electron chi connectivity index (χ3n) is 5.10. The van der Waals surface area contributed by atoms with Crippen molar-refractivity contribution in [2.75, 3.05) is 0 Å². The molecule has 0 spiro atoms. The first kappa shape index (κ1) is 19.6. The predicted molar refractivity (Wildman–Crippen MR) is 106 cm³/mol. The van der Waals surface area contributed by atoms with Crippen molar-refractivity contribution in [3.8, 4) is 11.5 Å². The molecular weight excluding hydrogens is 364 g/mol. The number of carbonyl (C=O) groups is 1. The van der Waals surface area contributed by atoms with E-state index in [4.69, 9.17) is 26.2 Å². The lowest BCUT2D eigenvalue weighted by atomic mass is 9.97. The summed E-state index contributed by atoms with van der Waals surface area (Å²) in [7, 11) is 0. The number of hydrogen-bond acceptors (Lipinski definition) is 3. The third-order valence-corrected chi connectivity index (χ3v) is 5.31. The number of aryl methyl sites for hydroxylation is 1. The molecule has 1 aliphatic rings. The molecule has 1 N–H and O–H groups in total. The van der Waals surface area contributed by atoms with E-state index in [1.807, 2.05) is 38.1 Å². The van der Waals surface area contributed by atoms with Gasteiger partial charge in [-0.05, 0) is 74.6 Å². The molecular formula is C22H25ClO4. The van der Waals surface area contributed by atoms with E-state index in [1.165, 1.54) is 0 Å². The van der Waals surface area contributed by atoms with E-state index >= 15 is 0 Å². The van der Waals surface area contributed by atoms with Crippen molar-refractivity contribution in [2.45, 2.75) is 59.2 Å². The highest BCUT2D eigenvalue weighted by Gasteiger charge is 2.32. The second kappa shape index (κ2) is 7.43. The van der Waals surface area contributed by atoms with Crippen molar-refractivity contribution in [1.29, 1.82) is 0 Å². The highest BCUT2D eigenvalue weighted by atomic mass is 35.5. The maximum absolute atomic E-state index is 10.8. The normalized spacial score (nSPS) is 14.6. The Hall–Kier alpha value is -2.20. The van der Waals surface area contributed by atoms with Gasteiger partial charge in [-0.25, -0.2) is 0 Å². The van der Waals surface area contributed by atoms with Gasteiger partial charge in [-0.3, -0.25) is 4.79 Å². The number of hydrogen-bond donors (Lipinski definition) is 1. The number of aliphatic carboxylic acids is 1. The summed E-state index contributed by atoms with van der Waals surface area (Å²) in [6, 6.07) is 7.68. The largest absolute Gasteiger partial charge is 0.489 e. The van der Waals surface area contributed by atoms with Gasteiger partial charge < -0.3 is 14.6 Å². The molecule has 0 radical (unpaired) electrons. The molecule has 144 valence electrons. The maximum atomic E-state index is 10.8. The minimum atomic E-state index is -0.785. The number of carboxylic acid groups (broad SMARTS) is 1. The van der Waals surface area contributed by atoms with E-state index in [-0.39, 0.29) is 12.0 Å². The van der Waals surface area contributed by atoms with Gasteiger partial charge in [0.2, 0.25) is 0 Å². The Balaban J connectivity index is 1.79. The molecule has 5 heteroatoms. The first-order valence-corrected chi connectivity index (χ1v) is 9.48. The second-order valence-corrected chi connectivity index (χ2v) is 8.17. The molecule has 2 aromatic carbocycles. The van der Waals surface area contributed by atoms with Gasteiger partial charge in [0.15, 0.2) is 0 Å². The van der Waals surface area contributed by atoms with E-state index in [2.05, 4.69) is 13.8 Å². The number of benzene rings is 2. The molecule has 0 atom stereocenters. The van der Waals surface area contributed by atoms with Crippen molar-refractivity contribution in [3.05, 3.63) is 57.1 Å². The molecule has 0 aromatic heterocycles. The summed E-state index contributed by atoms with van der Waals surface area (Å²) in [6.07, 6.45) is 1.48. The van der Waals surface area contributed by atoms with E-state index < -0.39 is 5.97 Å². The van der Waals surface area contributed by atoms with Crippen LogP contribution in [0.3, 0.4) is 0 Å². The second-order valence-electron chi connectivity index (χ2n) is 7.74. The van der Waals surface area contributed by atoms with Crippen LogP contribution in [0.1, 0.15) is 48.1 Å². The van der Waals surface area contributed by atoms with Crippen LogP contribution in [-0.4, -0.2) is 16.7 Å². The molecule has 0 aliphatic carbocycles. The van der Waals surface area contributed by atoms with Crippen molar-refractivity contribution in [2.24, 2.45) is 0 Å². The van der Waals surface area contributed by atoms with E-state index in [1.54, 1.807) is 0 Å². The number of ether oxygens (including phenoxy) is 2. The van der Waals surface area contributed by atoms with Crippen molar-refractivity contribution >= 4 is 17.6 Å². The van der Waals surface area contributed by atoms with E-state index in [0.717, 1.165) is 45.7 Å². The van der Waals surface area contributed by atoms with Crippen molar-refractivity contribution < 1.29 is 19.4 Å². The summed E-state index contributed by atoms with van der Waals surface area (Å²) in [5.74, 6) is 0.855. The molecule has 2 aromatic rings. The van der Waals surface area contributed by atoms with Crippen LogP contribution in [0.25, 0.3) is 0 Å². The highest BCUT2D eigenvalue weighted by molar-refractivity contribution is 6.30. The fourth-order valence-electron chi connectivity index (χ4n) is 3.52. The smallest absolute Gasteiger partial charge is 0.303 e. The molecule has 0 saturated carbocycles. The van der Waals surface area contributed by atoms with Gasteiger partial charge in [0.1, 0.15) is 23.7 Å². The third kappa shape index (κ3) is 4.38. The molecule has 0 bridgehead atoms. The maximum Gasteiger partial charge on any atom is 0.303 e. The Bertz CT molecular complexity index is 886. The summed E-state index contributed by atoms with van der Waals surface area (Å²) >= 11 is 6.26. The Morgan fingerprint density at radius 3 is 2.67 bits per heavy atom. The molecule has 0 saturated heterocycles. The van der Waals surface area contributed by atoms with Gasteiger partial charge in [0, 0.05) is 23.4 Å². The van der Waals surface area contributed by atoms with Crippen LogP contribution in [0.15, 0.2) is 24.3 Å². The Morgan fingerprint density at radius 1 is 1.22 bits per heavy atom. The number of halogens is 1. The van der Waals surface area contributed by atoms with Crippen LogP contribution < -0.4 is 9.47 Å². The van der Waals surface area contributed by atoms with Gasteiger partial charge in [-0.1, -0.05) is 17.7 Å². The van der Waals surface area contributed by atoms with Crippen LogP contribution in [0, 0.1) is 13.8 Å². The SMILES string of the molecule is Cc1c(CCC(=O)O)ccc(OCc2cc(Cl)cc3c2CC(C)(C)O3)c1C. The van der Waals surface area contributed by atoms with Crippen LogP contribution in [0.2, 0.25) is 5.02 Å². The van der Waals surface area contributed by atoms with Crippen LogP contribution >= 0.6 is 11.6 Å². The standard InChI is InChI=1S/C22H25ClO4/c1-13-14(2)19(7-5-15(13)6-8-21(24)25)26-12-16-9-17(23)10-20-18(16)11-22(3,4)27-20/h5,7,9-10H,6,8,11-12H2,1-4H3,(H,24,25). The number of fused-ring (bicyclic) bond motifs is 1. The summed E-state index contributed by atoms with van der Waals surface area (Å²) in [4.78, 5) is 10.8. The molecule has 0 amide bonds. The monoisotopic (exact) mass is 388 g/mol. The zero-order chi connectivity index (χ0) is 19.8. The molecule has 1 aliphatic heterocycles. The lowest BCUT2D eigenvalue weighted by Crippen LogP contribution is -2.24. The quantitative estimate of drug-likeness (QED) is 0.732. The average Bonchev–Trinajstić information content (AvgIpc) is 2.88. The zero-order valence-electron chi connectivity index (χ0n) is 16.2. The molecule has 0 fully saturated rings. The van der Waals surface area contributed by atoms with Gasteiger partial charge in [0.05, 0.1) is 0 Å². The first-order valence-electron chi connectivity index (χ1n) is 9.10. The Labute approximate surface area is 165 Å². The van der Waals surface area contributed by atoms with E-state index in [9.17, 15) is 4.79 Å². The minimum Gasteiger partial charge on any atom is -0.489 e. The van der Waals surface area contributed by atoms with Crippen LogP contribution in [-0.2, 0) is 24.2 Å². The molecule has 3 rings (SSSR count). The molecule has 27 heavy (non-hydrogen) atoms. The molecule has 0 unspecified atom stereocenters. The lowest BCUT2D eigenvalue weighted by molar-refractivity contribution is -0.136. The number of rotatable bonds is 6. The average molecular weight is 389 g/mol. The fourth-order valence-corrected chi connectivity index (χ4v) is 3.75. The molecule has 4 nitrogen and oxygen atoms in total. The first-order chi connectivity index (χ1) is 12.7. The van der Waals surface area contributed by atoms with Crippen molar-refractivity contribution in [3.63, 3.8) is 0 Å². The highest BCUT2D eigenvalue weighted by Crippen LogP contribution is 2.39. The van der Waals surface area contributed by atoms with Gasteiger partial charge in [-0.2, -0.15) is 0 Å². The fraction of sp³-hybridized carbons (Fsp3) is 0.409. The van der Waals surface area contributed by atoms with Crippen LogP contribution in [0.5, 0.6) is 11.5 Å². The number of carboxylic acids is 1. The summed E-state index contributed by atoms with van der Waals surface area (Å²) in [6.45, 7) is 8.55. The summed E-state index contributed by atoms with van der Waals surface area (Å²) in [5.41, 5.74) is 5.11. The zero-order valence-corrected chi connectivity index (χ0v) is 16.9. The van der Waals surface area contributed by atoms with E-state index in [0.29, 0.717) is 18.1 Å². The van der Waals surface area contributed by atoms with Crippen molar-refractivity contribution in [1.82, 2.24) is 0 Å². The van der Waals surface area contributed by atoms with Gasteiger partial charge in [-0.15, -0.1) is 0 Å². The topological polar surface area (TPSA) is 55.8 Å². The minimum absolute atomic E-state index is 0.130. The lowest BCUT2D eigenvalue weighted by Gasteiger charge is -2.16. The Kier molecular flexibility index (Phi) is 5.38. The van der Waals surface area contributed by atoms with Crippen LogP contribution in [0.4, 0.5) is 0 Å². The summed E-state index contributed by atoms with van der Waals surface area (Å²) < 4.78 is 12.1. The van der Waals surface area contributed by atoms with Gasteiger partial charge >= 0.3 is 5.97 Å². The summed E-state index contributed by atoms with van der Waals surface area (Å²) in [5, 5.41) is 9.53. The predicted octanol–water partition coefficient (Wildman–Crippen LogP) is 5.27. The molecule has 1 heterocycles.